The van der Waals surface area contributed by atoms with Crippen molar-refractivity contribution in [1.82, 2.24) is 0 Å². The Morgan fingerprint density at radius 1 is 1.03 bits per heavy atom. The molecule has 0 saturated carbocycles. The average Bonchev–Trinajstić information content (AvgIpc) is 3.09. The van der Waals surface area contributed by atoms with E-state index in [1.54, 1.807) is 6.21 Å². The van der Waals surface area contributed by atoms with E-state index in [1.807, 2.05) is 0 Å². The molecule has 2 aliphatic rings. The molecular weight excluding hydrogens is 424 g/mol. The van der Waals surface area contributed by atoms with Gasteiger partial charge in [0.2, 0.25) is 5.91 Å². The second-order valence-corrected chi connectivity index (χ2v) is 9.12. The SMILES string of the molecule is CCCCCCCCCCCCCC(=O)OC[C@H]1O[C@H](C2=C(C(N)=O)CCC=N2)[C@H](O)[C@@H]1O. The van der Waals surface area contributed by atoms with Crippen molar-refractivity contribution < 1.29 is 29.3 Å². The van der Waals surface area contributed by atoms with Gasteiger partial charge in [-0.15, -0.1) is 0 Å². The van der Waals surface area contributed by atoms with Gasteiger partial charge >= 0.3 is 5.97 Å². The number of carbonyl (C=O) groups excluding carboxylic acids is 2. The molecule has 1 fully saturated rings. The zero-order chi connectivity index (χ0) is 24.1. The van der Waals surface area contributed by atoms with Crippen molar-refractivity contribution in [3.63, 3.8) is 0 Å². The molecule has 0 aromatic carbocycles. The third-order valence-electron chi connectivity index (χ3n) is 6.39. The minimum atomic E-state index is -1.28. The summed E-state index contributed by atoms with van der Waals surface area (Å²) in [4.78, 5) is 27.9. The summed E-state index contributed by atoms with van der Waals surface area (Å²) in [5.41, 5.74) is 5.95. The highest BCUT2D eigenvalue weighted by atomic mass is 16.6. The van der Waals surface area contributed by atoms with E-state index in [0.717, 1.165) is 19.3 Å². The normalized spacial score (nSPS) is 24.9. The van der Waals surface area contributed by atoms with Gasteiger partial charge in [0, 0.05) is 18.2 Å². The molecule has 1 amide bonds. The number of aliphatic imine (C=N–C) groups is 1. The number of hydrogen-bond acceptors (Lipinski definition) is 7. The van der Waals surface area contributed by atoms with Crippen molar-refractivity contribution in [3.05, 3.63) is 11.3 Å². The van der Waals surface area contributed by atoms with E-state index in [9.17, 15) is 19.8 Å². The van der Waals surface area contributed by atoms with Crippen LogP contribution in [0.3, 0.4) is 0 Å². The van der Waals surface area contributed by atoms with Crippen molar-refractivity contribution in [2.24, 2.45) is 10.7 Å². The lowest BCUT2D eigenvalue weighted by atomic mass is 9.98. The van der Waals surface area contributed by atoms with E-state index in [1.165, 1.54) is 51.4 Å². The lowest BCUT2D eigenvalue weighted by Gasteiger charge is -2.20. The number of unbranched alkanes of at least 4 members (excludes halogenated alkanes) is 10. The predicted octanol–water partition coefficient (Wildman–Crippen LogP) is 3.32. The van der Waals surface area contributed by atoms with Crippen LogP contribution in [0, 0.1) is 0 Å². The fourth-order valence-corrected chi connectivity index (χ4v) is 4.37. The third-order valence-corrected chi connectivity index (χ3v) is 6.39. The Kier molecular flexibility index (Phi) is 12.6. The van der Waals surface area contributed by atoms with Crippen LogP contribution in [0.15, 0.2) is 16.3 Å². The largest absolute Gasteiger partial charge is 0.463 e. The van der Waals surface area contributed by atoms with E-state index in [0.29, 0.717) is 24.8 Å². The Morgan fingerprint density at radius 3 is 2.24 bits per heavy atom. The molecule has 2 heterocycles. The van der Waals surface area contributed by atoms with Crippen LogP contribution in [0.5, 0.6) is 0 Å². The van der Waals surface area contributed by atoms with Gasteiger partial charge in [-0.05, 0) is 19.3 Å². The van der Waals surface area contributed by atoms with E-state index in [4.69, 9.17) is 15.2 Å². The first-order chi connectivity index (χ1) is 16.0. The smallest absolute Gasteiger partial charge is 0.305 e. The molecule has 2 rings (SSSR count). The minimum absolute atomic E-state index is 0.158. The number of nitrogens with zero attached hydrogens (tertiary/aromatic N) is 1. The maximum Gasteiger partial charge on any atom is 0.305 e. The second kappa shape index (κ2) is 15.2. The quantitative estimate of drug-likeness (QED) is 0.236. The highest BCUT2D eigenvalue weighted by Crippen LogP contribution is 2.31. The Morgan fingerprint density at radius 2 is 1.64 bits per heavy atom. The van der Waals surface area contributed by atoms with Crippen LogP contribution in [0.4, 0.5) is 0 Å². The van der Waals surface area contributed by atoms with Gasteiger partial charge < -0.3 is 25.4 Å². The molecule has 0 aromatic rings. The molecule has 2 aliphatic heterocycles. The van der Waals surface area contributed by atoms with Gasteiger partial charge in [-0.1, -0.05) is 71.1 Å². The van der Waals surface area contributed by atoms with Crippen LogP contribution in [0.2, 0.25) is 0 Å². The van der Waals surface area contributed by atoms with Gasteiger partial charge in [-0.25, -0.2) is 0 Å². The third kappa shape index (κ3) is 9.18. The molecule has 8 heteroatoms. The molecule has 0 unspecified atom stereocenters. The number of nitrogens with two attached hydrogens (primary N) is 1. The highest BCUT2D eigenvalue weighted by molar-refractivity contribution is 5.94. The fraction of sp³-hybridized carbons (Fsp3) is 0.800. The van der Waals surface area contributed by atoms with Crippen LogP contribution < -0.4 is 5.73 Å². The lowest BCUT2D eigenvalue weighted by Crippen LogP contribution is -2.36. The van der Waals surface area contributed by atoms with E-state index in [-0.39, 0.29) is 18.3 Å². The van der Waals surface area contributed by atoms with Crippen LogP contribution >= 0.6 is 0 Å². The number of ether oxygens (including phenoxy) is 2. The van der Waals surface area contributed by atoms with Gasteiger partial charge in [0.1, 0.15) is 31.0 Å². The maximum absolute atomic E-state index is 12.1. The summed E-state index contributed by atoms with van der Waals surface area (Å²) < 4.78 is 11.0. The summed E-state index contributed by atoms with van der Waals surface area (Å²) in [6.07, 6.45) is 11.9. The topological polar surface area (TPSA) is 131 Å². The van der Waals surface area contributed by atoms with Crippen molar-refractivity contribution in [3.8, 4) is 0 Å². The summed E-state index contributed by atoms with van der Waals surface area (Å²) in [6, 6.07) is 0. The predicted molar refractivity (Wildman–Crippen MR) is 127 cm³/mol. The summed E-state index contributed by atoms with van der Waals surface area (Å²) in [6.45, 7) is 2.07. The maximum atomic E-state index is 12.1. The van der Waals surface area contributed by atoms with Crippen LogP contribution in [-0.4, -0.2) is 59.3 Å². The first kappa shape index (κ1) is 27.5. The molecule has 0 spiro atoms. The Balaban J connectivity index is 1.61. The summed E-state index contributed by atoms with van der Waals surface area (Å²) >= 11 is 0. The van der Waals surface area contributed by atoms with Gasteiger partial charge in [-0.3, -0.25) is 14.6 Å². The van der Waals surface area contributed by atoms with Crippen LogP contribution in [0.25, 0.3) is 0 Å². The molecule has 4 atom stereocenters. The van der Waals surface area contributed by atoms with Gasteiger partial charge in [0.25, 0.3) is 0 Å². The number of hydrogen-bond donors (Lipinski definition) is 3. The summed E-state index contributed by atoms with van der Waals surface area (Å²) in [5, 5.41) is 20.7. The van der Waals surface area contributed by atoms with Crippen LogP contribution in [-0.2, 0) is 19.1 Å². The van der Waals surface area contributed by atoms with Gasteiger partial charge in [-0.2, -0.15) is 0 Å². The lowest BCUT2D eigenvalue weighted by molar-refractivity contribution is -0.149. The molecule has 33 heavy (non-hydrogen) atoms. The van der Waals surface area contributed by atoms with E-state index >= 15 is 0 Å². The number of esters is 1. The number of carbonyl (C=O) groups is 2. The average molecular weight is 467 g/mol. The Bertz CT molecular complexity index is 678. The molecule has 8 nitrogen and oxygen atoms in total. The number of amides is 1. The summed E-state index contributed by atoms with van der Waals surface area (Å²) in [7, 11) is 0. The first-order valence-corrected chi connectivity index (χ1v) is 12.7. The molecule has 4 N–H and O–H groups in total. The van der Waals surface area contributed by atoms with Gasteiger partial charge in [0.15, 0.2) is 0 Å². The summed E-state index contributed by atoms with van der Waals surface area (Å²) in [5.74, 6) is -0.957. The first-order valence-electron chi connectivity index (χ1n) is 12.7. The second-order valence-electron chi connectivity index (χ2n) is 9.12. The zero-order valence-corrected chi connectivity index (χ0v) is 20.0. The number of primary amides is 1. The van der Waals surface area contributed by atoms with E-state index in [2.05, 4.69) is 11.9 Å². The molecule has 0 radical (unpaired) electrons. The number of aliphatic hydroxyl groups is 2. The Labute approximate surface area is 197 Å². The number of aliphatic hydroxyl groups excluding tert-OH is 2. The van der Waals surface area contributed by atoms with Crippen molar-refractivity contribution >= 4 is 18.1 Å². The molecule has 0 bridgehead atoms. The van der Waals surface area contributed by atoms with Crippen molar-refractivity contribution in [1.29, 1.82) is 0 Å². The highest BCUT2D eigenvalue weighted by Gasteiger charge is 2.46. The number of rotatable bonds is 16. The minimum Gasteiger partial charge on any atom is -0.463 e. The molecule has 1 saturated heterocycles. The molecule has 188 valence electrons. The van der Waals surface area contributed by atoms with Crippen molar-refractivity contribution in [2.45, 2.75) is 121 Å². The fourth-order valence-electron chi connectivity index (χ4n) is 4.37. The standard InChI is InChI=1S/C25H42N2O6/c1-2-3-4-5-6-7-8-9-10-11-12-15-20(28)32-17-19-22(29)23(30)24(33-19)21-18(25(26)31)14-13-16-27-21/h16,19,22-24,29-30H,2-15,17H2,1H3,(H2,26,31)/t19-,22-,23-,24-/m1/s1. The van der Waals surface area contributed by atoms with Crippen molar-refractivity contribution in [2.75, 3.05) is 6.61 Å². The molecule has 0 aromatic heterocycles. The molecular formula is C25H42N2O6. The Hall–Kier alpha value is -1.77. The molecule has 0 aliphatic carbocycles. The zero-order valence-electron chi connectivity index (χ0n) is 20.0. The van der Waals surface area contributed by atoms with Gasteiger partial charge in [0.05, 0.1) is 5.70 Å². The van der Waals surface area contributed by atoms with E-state index < -0.39 is 30.3 Å². The van der Waals surface area contributed by atoms with Crippen LogP contribution in [0.1, 0.15) is 96.8 Å². The monoisotopic (exact) mass is 466 g/mol.